The maximum Gasteiger partial charge on any atom is 0.0620 e. The van der Waals surface area contributed by atoms with Crippen molar-refractivity contribution in [3.8, 4) is 5.69 Å². The van der Waals surface area contributed by atoms with Gasteiger partial charge in [0.05, 0.1) is 44.1 Å². The number of hydrogen-bond donors (Lipinski definition) is 0. The van der Waals surface area contributed by atoms with Crippen molar-refractivity contribution in [1.29, 1.82) is 0 Å². The van der Waals surface area contributed by atoms with Gasteiger partial charge in [0.1, 0.15) is 0 Å². The summed E-state index contributed by atoms with van der Waals surface area (Å²) in [4.78, 5) is 0. The fourth-order valence-electron chi connectivity index (χ4n) is 8.71. The van der Waals surface area contributed by atoms with Crippen LogP contribution >= 0.6 is 0 Å². The van der Waals surface area contributed by atoms with Crippen LogP contribution in [0.2, 0.25) is 0 Å². The van der Waals surface area contributed by atoms with Crippen molar-refractivity contribution >= 4 is 98.0 Å². The maximum atomic E-state index is 2.49. The minimum atomic E-state index is 1.18. The molecule has 0 saturated carbocycles. The first-order chi connectivity index (χ1) is 22.3. The lowest BCUT2D eigenvalue weighted by Gasteiger charge is -2.08. The second-order valence-corrected chi connectivity index (χ2v) is 12.6. The van der Waals surface area contributed by atoms with E-state index in [4.69, 9.17) is 0 Å². The second kappa shape index (κ2) is 7.53. The summed E-state index contributed by atoms with van der Waals surface area (Å²) in [6, 6.07) is 51.8. The van der Waals surface area contributed by atoms with Crippen LogP contribution in [-0.4, -0.2) is 13.4 Å². The molecular formula is C42H23N3. The van der Waals surface area contributed by atoms with Crippen molar-refractivity contribution in [2.45, 2.75) is 0 Å². The van der Waals surface area contributed by atoms with Gasteiger partial charge in [-0.05, 0) is 48.5 Å². The van der Waals surface area contributed by atoms with Crippen molar-refractivity contribution < 1.29 is 0 Å². The average Bonchev–Trinajstić information content (AvgIpc) is 3.87. The van der Waals surface area contributed by atoms with Gasteiger partial charge < -0.3 is 13.4 Å². The van der Waals surface area contributed by atoms with Gasteiger partial charge in [-0.2, -0.15) is 0 Å². The zero-order valence-corrected chi connectivity index (χ0v) is 24.1. The van der Waals surface area contributed by atoms with Gasteiger partial charge >= 0.3 is 0 Å². The SMILES string of the molecule is c1ccc(-n2c3cc4c5cccc6c7ccccc7n(c4cc3c3cc4c7cccc8c9ccccc9n(c4cc32)c87)c65)cc1. The number of para-hydroxylation sites is 5. The lowest BCUT2D eigenvalue weighted by Crippen LogP contribution is -1.93. The molecular weight excluding hydrogens is 546 g/mol. The molecule has 45 heavy (non-hydrogen) atoms. The Bertz CT molecular complexity index is 3190. The van der Waals surface area contributed by atoms with Crippen LogP contribution in [-0.2, 0) is 0 Å². The molecule has 0 amide bonds. The van der Waals surface area contributed by atoms with Crippen molar-refractivity contribution in [2.75, 3.05) is 0 Å². The molecule has 3 heteroatoms. The number of hydrogen-bond acceptors (Lipinski definition) is 0. The quantitative estimate of drug-likeness (QED) is 0.187. The number of fused-ring (bicyclic) bond motifs is 15. The molecule has 12 aromatic rings. The van der Waals surface area contributed by atoms with E-state index in [9.17, 15) is 0 Å². The van der Waals surface area contributed by atoms with Crippen LogP contribution in [0, 0.1) is 0 Å². The Hall–Kier alpha value is -6.06. The molecule has 0 aliphatic heterocycles. The highest BCUT2D eigenvalue weighted by molar-refractivity contribution is 6.29. The molecule has 0 radical (unpaired) electrons. The summed E-state index contributed by atoms with van der Waals surface area (Å²) >= 11 is 0. The smallest absolute Gasteiger partial charge is 0.0620 e. The van der Waals surface area contributed by atoms with Gasteiger partial charge in [-0.3, -0.25) is 0 Å². The Balaban J connectivity index is 1.34. The fourth-order valence-corrected chi connectivity index (χ4v) is 8.71. The van der Waals surface area contributed by atoms with E-state index in [1.54, 1.807) is 0 Å². The van der Waals surface area contributed by atoms with Crippen molar-refractivity contribution in [2.24, 2.45) is 0 Å². The van der Waals surface area contributed by atoms with E-state index < -0.39 is 0 Å². The van der Waals surface area contributed by atoms with Gasteiger partial charge in [0.15, 0.2) is 0 Å². The zero-order valence-electron chi connectivity index (χ0n) is 24.1. The van der Waals surface area contributed by atoms with Gasteiger partial charge in [-0.25, -0.2) is 0 Å². The Morgan fingerprint density at radius 3 is 1.33 bits per heavy atom. The lowest BCUT2D eigenvalue weighted by atomic mass is 10.0. The molecule has 0 aliphatic carbocycles. The average molecular weight is 570 g/mol. The molecule has 3 nitrogen and oxygen atoms in total. The predicted octanol–water partition coefficient (Wildman–Crippen LogP) is 11.1. The van der Waals surface area contributed by atoms with Crippen LogP contribution in [0.5, 0.6) is 0 Å². The van der Waals surface area contributed by atoms with E-state index in [-0.39, 0.29) is 0 Å². The summed E-state index contributed by atoms with van der Waals surface area (Å²) < 4.78 is 7.45. The standard InChI is InChI=1S/C42H23N3/c1-2-10-24(11-3-1)43-37-21-33-30-17-9-15-28-25-12-4-6-18-35(25)44(42(28)30)38(33)22-34(37)32-20-31-29-16-8-14-27-26-13-5-7-19-36(26)45(41(27)29)40(31)23-39(32)43/h1-23H. The van der Waals surface area contributed by atoms with Gasteiger partial charge in [0.2, 0.25) is 0 Å². The van der Waals surface area contributed by atoms with Crippen LogP contribution < -0.4 is 0 Å². The van der Waals surface area contributed by atoms with Crippen molar-refractivity contribution in [3.05, 3.63) is 140 Å². The molecule has 206 valence electrons. The molecule has 0 atom stereocenters. The number of nitrogens with zero attached hydrogens (tertiary/aromatic N) is 3. The topological polar surface area (TPSA) is 13.8 Å². The summed E-state index contributed by atoms with van der Waals surface area (Å²) in [5.74, 6) is 0. The molecule has 0 fully saturated rings. The second-order valence-electron chi connectivity index (χ2n) is 12.6. The summed E-state index contributed by atoms with van der Waals surface area (Å²) in [7, 11) is 0. The molecule has 5 aromatic heterocycles. The zero-order chi connectivity index (χ0) is 29.0. The largest absolute Gasteiger partial charge is 0.309 e. The summed E-state index contributed by atoms with van der Waals surface area (Å²) in [5.41, 5.74) is 11.3. The highest BCUT2D eigenvalue weighted by Crippen LogP contribution is 2.45. The molecule has 0 N–H and O–H groups in total. The van der Waals surface area contributed by atoms with Crippen LogP contribution in [0.15, 0.2) is 140 Å². The van der Waals surface area contributed by atoms with E-state index >= 15 is 0 Å². The van der Waals surface area contributed by atoms with Crippen LogP contribution in [0.1, 0.15) is 0 Å². The first-order valence-electron chi connectivity index (χ1n) is 15.6. The minimum absolute atomic E-state index is 1.18. The normalized spacial score (nSPS) is 12.9. The van der Waals surface area contributed by atoms with Crippen LogP contribution in [0.25, 0.3) is 104 Å². The van der Waals surface area contributed by atoms with E-state index in [0.717, 1.165) is 0 Å². The first kappa shape index (κ1) is 22.5. The van der Waals surface area contributed by atoms with E-state index in [0.29, 0.717) is 0 Å². The molecule has 12 rings (SSSR count). The Morgan fingerprint density at radius 1 is 0.267 bits per heavy atom. The first-order valence-corrected chi connectivity index (χ1v) is 15.6. The third-order valence-electron chi connectivity index (χ3n) is 10.5. The monoisotopic (exact) mass is 569 g/mol. The third-order valence-corrected chi connectivity index (χ3v) is 10.5. The van der Waals surface area contributed by atoms with Gasteiger partial charge in [0.25, 0.3) is 0 Å². The maximum absolute atomic E-state index is 2.49. The van der Waals surface area contributed by atoms with Gasteiger partial charge in [-0.15, -0.1) is 0 Å². The number of benzene rings is 7. The van der Waals surface area contributed by atoms with E-state index in [1.807, 2.05) is 0 Å². The molecule has 0 bridgehead atoms. The van der Waals surface area contributed by atoms with Gasteiger partial charge in [-0.1, -0.05) is 91.0 Å². The molecule has 0 saturated heterocycles. The van der Waals surface area contributed by atoms with E-state index in [1.165, 1.54) is 104 Å². The summed E-state index contributed by atoms with van der Waals surface area (Å²) in [6.07, 6.45) is 0. The Labute approximate surface area is 256 Å². The Kier molecular flexibility index (Phi) is 3.76. The van der Waals surface area contributed by atoms with Crippen LogP contribution in [0.3, 0.4) is 0 Å². The highest BCUT2D eigenvalue weighted by atomic mass is 15.0. The highest BCUT2D eigenvalue weighted by Gasteiger charge is 2.23. The summed E-state index contributed by atoms with van der Waals surface area (Å²) in [6.45, 7) is 0. The third kappa shape index (κ3) is 2.50. The van der Waals surface area contributed by atoms with Crippen molar-refractivity contribution in [3.63, 3.8) is 0 Å². The summed E-state index contributed by atoms with van der Waals surface area (Å²) in [5, 5.41) is 13.0. The minimum Gasteiger partial charge on any atom is -0.309 e. The fraction of sp³-hybridized carbons (Fsp3) is 0. The van der Waals surface area contributed by atoms with Gasteiger partial charge in [0, 0.05) is 59.5 Å². The molecule has 0 unspecified atom stereocenters. The number of rotatable bonds is 1. The van der Waals surface area contributed by atoms with Crippen molar-refractivity contribution in [1.82, 2.24) is 13.4 Å². The van der Waals surface area contributed by atoms with E-state index in [2.05, 4.69) is 153 Å². The predicted molar refractivity (Wildman–Crippen MR) is 190 cm³/mol. The Morgan fingerprint density at radius 2 is 0.689 bits per heavy atom. The molecule has 7 aromatic carbocycles. The molecule has 0 spiro atoms. The molecule has 5 heterocycles. The lowest BCUT2D eigenvalue weighted by molar-refractivity contribution is 1.18. The van der Waals surface area contributed by atoms with Crippen LogP contribution in [0.4, 0.5) is 0 Å². The number of aromatic nitrogens is 3. The molecule has 0 aliphatic rings.